The fourth-order valence-corrected chi connectivity index (χ4v) is 2.82. The van der Waals surface area contributed by atoms with E-state index in [0.717, 1.165) is 24.5 Å². The number of carbonyl (C=O) groups is 2. The number of hydrogen-bond acceptors (Lipinski definition) is 2. The lowest BCUT2D eigenvalue weighted by atomic mass is 10.0. The molecule has 1 aliphatic carbocycles. The predicted molar refractivity (Wildman–Crippen MR) is 87.1 cm³/mol. The number of carboxylic acids is 1. The molecule has 1 fully saturated rings. The van der Waals surface area contributed by atoms with E-state index in [1.807, 2.05) is 30.3 Å². The first-order valence-electron chi connectivity index (χ1n) is 7.90. The van der Waals surface area contributed by atoms with Crippen LogP contribution in [0.5, 0.6) is 0 Å². The summed E-state index contributed by atoms with van der Waals surface area (Å²) >= 11 is 0. The summed E-state index contributed by atoms with van der Waals surface area (Å²) in [6.45, 7) is 0. The molecule has 124 valence electrons. The summed E-state index contributed by atoms with van der Waals surface area (Å²) in [7, 11) is 0. The monoisotopic (exact) mass is 327 g/mol. The number of halogens is 1. The van der Waals surface area contributed by atoms with E-state index in [9.17, 15) is 14.0 Å². The van der Waals surface area contributed by atoms with E-state index in [4.69, 9.17) is 5.11 Å². The van der Waals surface area contributed by atoms with Crippen molar-refractivity contribution in [3.8, 4) is 0 Å². The lowest BCUT2D eigenvalue weighted by Crippen LogP contribution is -2.31. The minimum atomic E-state index is -1.32. The summed E-state index contributed by atoms with van der Waals surface area (Å²) in [5.74, 6) is -1.89. The third-order valence-electron chi connectivity index (χ3n) is 4.20. The zero-order valence-corrected chi connectivity index (χ0v) is 13.0. The maximum absolute atomic E-state index is 13.7. The highest BCUT2D eigenvalue weighted by atomic mass is 19.1. The minimum Gasteiger partial charge on any atom is -0.478 e. The van der Waals surface area contributed by atoms with Crippen LogP contribution >= 0.6 is 0 Å². The molecule has 0 radical (unpaired) electrons. The second kappa shape index (κ2) is 6.83. The summed E-state index contributed by atoms with van der Waals surface area (Å²) in [5.41, 5.74) is 1.14. The van der Waals surface area contributed by atoms with Crippen LogP contribution in [0.2, 0.25) is 0 Å². The SMILES string of the molecule is O=C(Cc1ccc(C(=O)O)c(F)c1)NC(c1ccccc1)C1CC1. The molecule has 4 nitrogen and oxygen atoms in total. The molecule has 5 heteroatoms. The molecule has 2 N–H and O–H groups in total. The van der Waals surface area contributed by atoms with Crippen LogP contribution in [0.15, 0.2) is 48.5 Å². The van der Waals surface area contributed by atoms with Crippen molar-refractivity contribution in [2.24, 2.45) is 5.92 Å². The lowest BCUT2D eigenvalue weighted by Gasteiger charge is -2.19. The molecule has 2 aromatic rings. The molecule has 2 aromatic carbocycles. The average molecular weight is 327 g/mol. The number of amides is 1. The number of hydrogen-bond donors (Lipinski definition) is 2. The highest BCUT2D eigenvalue weighted by Crippen LogP contribution is 2.40. The van der Waals surface area contributed by atoms with Crippen molar-refractivity contribution >= 4 is 11.9 Å². The van der Waals surface area contributed by atoms with Crippen molar-refractivity contribution in [1.29, 1.82) is 0 Å². The van der Waals surface area contributed by atoms with Gasteiger partial charge in [0.05, 0.1) is 18.0 Å². The van der Waals surface area contributed by atoms with Gasteiger partial charge >= 0.3 is 5.97 Å². The van der Waals surface area contributed by atoms with Gasteiger partial charge in [-0.1, -0.05) is 36.4 Å². The van der Waals surface area contributed by atoms with Gasteiger partial charge in [0, 0.05) is 0 Å². The number of rotatable bonds is 6. The topological polar surface area (TPSA) is 66.4 Å². The zero-order chi connectivity index (χ0) is 17.1. The Labute approximate surface area is 139 Å². The number of aromatic carboxylic acids is 1. The molecule has 1 atom stereocenters. The summed E-state index contributed by atoms with van der Waals surface area (Å²) < 4.78 is 13.7. The molecule has 1 aliphatic rings. The van der Waals surface area contributed by atoms with Crippen LogP contribution < -0.4 is 5.32 Å². The molecule has 0 bridgehead atoms. The van der Waals surface area contributed by atoms with Crippen molar-refractivity contribution in [2.45, 2.75) is 25.3 Å². The average Bonchev–Trinajstić information content (AvgIpc) is 3.38. The van der Waals surface area contributed by atoms with Gasteiger partial charge in [0.25, 0.3) is 0 Å². The Morgan fingerprint density at radius 3 is 2.46 bits per heavy atom. The van der Waals surface area contributed by atoms with Crippen LogP contribution in [0.1, 0.15) is 40.4 Å². The molecule has 3 rings (SSSR count). The summed E-state index contributed by atoms with van der Waals surface area (Å²) in [4.78, 5) is 23.1. The van der Waals surface area contributed by atoms with Gasteiger partial charge < -0.3 is 10.4 Å². The highest BCUT2D eigenvalue weighted by molar-refractivity contribution is 5.88. The molecule has 1 saturated carbocycles. The van der Waals surface area contributed by atoms with E-state index in [0.29, 0.717) is 11.5 Å². The largest absolute Gasteiger partial charge is 0.478 e. The van der Waals surface area contributed by atoms with Crippen molar-refractivity contribution in [3.05, 3.63) is 71.0 Å². The normalized spacial score (nSPS) is 14.9. The van der Waals surface area contributed by atoms with E-state index in [2.05, 4.69) is 5.32 Å². The summed E-state index contributed by atoms with van der Waals surface area (Å²) in [5, 5.41) is 11.9. The van der Waals surface area contributed by atoms with E-state index in [1.54, 1.807) is 0 Å². The van der Waals surface area contributed by atoms with Crippen molar-refractivity contribution in [3.63, 3.8) is 0 Å². The first-order chi connectivity index (χ1) is 11.5. The number of nitrogens with one attached hydrogen (secondary N) is 1. The van der Waals surface area contributed by atoms with Crippen LogP contribution in [0.3, 0.4) is 0 Å². The number of carboxylic acid groups (broad SMARTS) is 1. The molecule has 1 unspecified atom stereocenters. The van der Waals surface area contributed by atoms with Crippen LogP contribution in [-0.4, -0.2) is 17.0 Å². The van der Waals surface area contributed by atoms with Gasteiger partial charge in [0.2, 0.25) is 5.91 Å². The first kappa shape index (κ1) is 16.2. The van der Waals surface area contributed by atoms with Crippen molar-refractivity contribution in [2.75, 3.05) is 0 Å². The quantitative estimate of drug-likeness (QED) is 0.855. The molecule has 24 heavy (non-hydrogen) atoms. The van der Waals surface area contributed by atoms with Crippen molar-refractivity contribution < 1.29 is 19.1 Å². The van der Waals surface area contributed by atoms with Crippen LogP contribution in [0.25, 0.3) is 0 Å². The number of benzene rings is 2. The van der Waals surface area contributed by atoms with Gasteiger partial charge in [0.1, 0.15) is 5.82 Å². The molecule has 1 amide bonds. The van der Waals surface area contributed by atoms with Gasteiger partial charge in [-0.3, -0.25) is 4.79 Å². The molecule has 0 aliphatic heterocycles. The van der Waals surface area contributed by atoms with Crippen LogP contribution in [-0.2, 0) is 11.2 Å². The standard InChI is InChI=1S/C19H18FNO3/c20-16-10-12(6-9-15(16)19(23)24)11-17(22)21-18(14-7-8-14)13-4-2-1-3-5-13/h1-6,9-10,14,18H,7-8,11H2,(H,21,22)(H,23,24). The number of carbonyl (C=O) groups excluding carboxylic acids is 1. The van der Waals surface area contributed by atoms with Crippen molar-refractivity contribution in [1.82, 2.24) is 5.32 Å². The maximum atomic E-state index is 13.7. The first-order valence-corrected chi connectivity index (χ1v) is 7.90. The van der Waals surface area contributed by atoms with Crippen LogP contribution in [0, 0.1) is 11.7 Å². The molecular weight excluding hydrogens is 309 g/mol. The van der Waals surface area contributed by atoms with Gasteiger partial charge in [-0.15, -0.1) is 0 Å². The van der Waals surface area contributed by atoms with Gasteiger partial charge in [-0.2, -0.15) is 0 Å². The molecule has 0 aromatic heterocycles. The second-order valence-electron chi connectivity index (χ2n) is 6.09. The maximum Gasteiger partial charge on any atom is 0.338 e. The minimum absolute atomic E-state index is 0.0207. The Bertz CT molecular complexity index is 756. The Balaban J connectivity index is 1.68. The lowest BCUT2D eigenvalue weighted by molar-refractivity contribution is -0.121. The Morgan fingerprint density at radius 1 is 1.17 bits per heavy atom. The fourth-order valence-electron chi connectivity index (χ4n) is 2.82. The van der Waals surface area contributed by atoms with Gasteiger partial charge in [-0.05, 0) is 42.0 Å². The van der Waals surface area contributed by atoms with E-state index >= 15 is 0 Å². The highest BCUT2D eigenvalue weighted by Gasteiger charge is 2.33. The molecular formula is C19H18FNO3. The van der Waals surface area contributed by atoms with E-state index in [-0.39, 0.29) is 23.9 Å². The Kier molecular flexibility index (Phi) is 4.60. The molecule has 0 heterocycles. The molecule has 0 saturated heterocycles. The zero-order valence-electron chi connectivity index (χ0n) is 13.0. The Morgan fingerprint density at radius 2 is 1.88 bits per heavy atom. The molecule has 0 spiro atoms. The van der Waals surface area contributed by atoms with E-state index < -0.39 is 11.8 Å². The van der Waals surface area contributed by atoms with Gasteiger partial charge in [-0.25, -0.2) is 9.18 Å². The predicted octanol–water partition coefficient (Wildman–Crippen LogP) is 3.33. The second-order valence-corrected chi connectivity index (χ2v) is 6.09. The van der Waals surface area contributed by atoms with E-state index in [1.165, 1.54) is 12.1 Å². The summed E-state index contributed by atoms with van der Waals surface area (Å²) in [6, 6.07) is 13.5. The van der Waals surface area contributed by atoms with Gasteiger partial charge in [0.15, 0.2) is 0 Å². The Hall–Kier alpha value is -2.69. The third-order valence-corrected chi connectivity index (χ3v) is 4.20. The fraction of sp³-hybridized carbons (Fsp3) is 0.263. The smallest absolute Gasteiger partial charge is 0.338 e. The van der Waals surface area contributed by atoms with Crippen LogP contribution in [0.4, 0.5) is 4.39 Å². The third kappa shape index (κ3) is 3.79. The summed E-state index contributed by atoms with van der Waals surface area (Å²) in [6.07, 6.45) is 2.19.